The zero-order valence-electron chi connectivity index (χ0n) is 10.1. The van der Waals surface area contributed by atoms with Crippen LogP contribution in [-0.2, 0) is 6.42 Å². The normalized spacial score (nSPS) is 10.7. The molecule has 1 aromatic carbocycles. The highest BCUT2D eigenvalue weighted by Crippen LogP contribution is 2.24. The number of hydrogen-bond donors (Lipinski definition) is 2. The van der Waals surface area contributed by atoms with E-state index in [9.17, 15) is 9.90 Å². The second-order valence-corrected chi connectivity index (χ2v) is 4.34. The number of aromatic amines is 1. The van der Waals surface area contributed by atoms with Gasteiger partial charge in [0, 0.05) is 12.6 Å². The fraction of sp³-hybridized carbons (Fsp3) is 0.0667. The molecule has 94 valence electrons. The number of benzene rings is 1. The Balaban J connectivity index is 2.16. The lowest BCUT2D eigenvalue weighted by molar-refractivity contribution is 0.473. The molecular weight excluding hydrogens is 240 g/mol. The summed E-state index contributed by atoms with van der Waals surface area (Å²) in [5.41, 5.74) is 2.01. The van der Waals surface area contributed by atoms with Crippen molar-refractivity contribution >= 4 is 11.0 Å². The smallest absolute Gasteiger partial charge is 0.255 e. The predicted molar refractivity (Wildman–Crippen MR) is 73.3 cm³/mol. The molecular formula is C15H12N2O2. The number of nitrogens with zero attached hydrogens (tertiary/aromatic N) is 1. The molecule has 0 aliphatic carbocycles. The molecule has 3 rings (SSSR count). The van der Waals surface area contributed by atoms with E-state index in [2.05, 4.69) is 9.97 Å². The summed E-state index contributed by atoms with van der Waals surface area (Å²) in [6.07, 6.45) is 1.97. The van der Waals surface area contributed by atoms with E-state index in [1.165, 1.54) is 0 Å². The molecule has 2 aromatic heterocycles. The Bertz CT molecular complexity index is 779. The van der Waals surface area contributed by atoms with Crippen molar-refractivity contribution in [2.45, 2.75) is 6.42 Å². The minimum absolute atomic E-state index is 0.0387. The number of fused-ring (bicyclic) bond motifs is 1. The van der Waals surface area contributed by atoms with E-state index in [-0.39, 0.29) is 11.3 Å². The Morgan fingerprint density at radius 1 is 1.11 bits per heavy atom. The van der Waals surface area contributed by atoms with Gasteiger partial charge in [0.2, 0.25) is 0 Å². The van der Waals surface area contributed by atoms with Gasteiger partial charge in [-0.1, -0.05) is 30.3 Å². The summed E-state index contributed by atoms with van der Waals surface area (Å²) in [4.78, 5) is 18.9. The second kappa shape index (κ2) is 4.57. The van der Waals surface area contributed by atoms with Crippen LogP contribution in [0.15, 0.2) is 53.5 Å². The van der Waals surface area contributed by atoms with Crippen LogP contribution in [0.25, 0.3) is 11.0 Å². The molecule has 0 bridgehead atoms. The third-order valence-corrected chi connectivity index (χ3v) is 3.06. The van der Waals surface area contributed by atoms with Crippen LogP contribution in [0.5, 0.6) is 5.75 Å². The maximum absolute atomic E-state index is 12.0. The van der Waals surface area contributed by atoms with E-state index in [0.717, 1.165) is 5.56 Å². The predicted octanol–water partition coefficient (Wildman–Crippen LogP) is 2.22. The average Bonchev–Trinajstić information content (AvgIpc) is 2.45. The van der Waals surface area contributed by atoms with Gasteiger partial charge in [-0.05, 0) is 17.7 Å². The zero-order valence-corrected chi connectivity index (χ0v) is 10.1. The summed E-state index contributed by atoms with van der Waals surface area (Å²) >= 11 is 0. The quantitative estimate of drug-likeness (QED) is 0.735. The summed E-state index contributed by atoms with van der Waals surface area (Å²) in [6, 6.07) is 13.0. The first-order valence-corrected chi connectivity index (χ1v) is 5.98. The monoisotopic (exact) mass is 252 g/mol. The van der Waals surface area contributed by atoms with E-state index in [0.29, 0.717) is 23.0 Å². The first-order chi connectivity index (χ1) is 9.25. The standard InChI is InChI=1S/C15H12N2O2/c18-14-11(9-10-5-2-1-3-6-10)15(19)17-12-7-4-8-16-13(12)14/h1-8H,9H2,(H2,17,18,19). The van der Waals surface area contributed by atoms with Gasteiger partial charge in [0.15, 0.2) is 5.75 Å². The average molecular weight is 252 g/mol. The van der Waals surface area contributed by atoms with Crippen molar-refractivity contribution in [3.63, 3.8) is 0 Å². The molecule has 3 aromatic rings. The number of aromatic hydroxyl groups is 1. The maximum atomic E-state index is 12.0. The van der Waals surface area contributed by atoms with Crippen molar-refractivity contribution in [1.82, 2.24) is 9.97 Å². The Morgan fingerprint density at radius 2 is 1.89 bits per heavy atom. The number of rotatable bonds is 2. The molecule has 0 fully saturated rings. The summed E-state index contributed by atoms with van der Waals surface area (Å²) in [6.45, 7) is 0. The first-order valence-electron chi connectivity index (χ1n) is 5.98. The van der Waals surface area contributed by atoms with Gasteiger partial charge in [0.25, 0.3) is 5.56 Å². The Labute approximate surface area is 109 Å². The number of hydrogen-bond acceptors (Lipinski definition) is 3. The Kier molecular flexibility index (Phi) is 2.76. The molecule has 0 saturated carbocycles. The van der Waals surface area contributed by atoms with Crippen LogP contribution in [0.1, 0.15) is 11.1 Å². The van der Waals surface area contributed by atoms with Crippen LogP contribution in [0, 0.1) is 0 Å². The topological polar surface area (TPSA) is 66.0 Å². The van der Waals surface area contributed by atoms with Gasteiger partial charge in [-0.15, -0.1) is 0 Å². The number of H-pyrrole nitrogens is 1. The van der Waals surface area contributed by atoms with E-state index in [4.69, 9.17) is 0 Å². The highest BCUT2D eigenvalue weighted by molar-refractivity contribution is 5.81. The molecule has 4 heteroatoms. The van der Waals surface area contributed by atoms with E-state index in [1.54, 1.807) is 18.3 Å². The SMILES string of the molecule is O=c1[nH]c2cccnc2c(O)c1Cc1ccccc1. The molecule has 0 aliphatic heterocycles. The minimum atomic E-state index is -0.276. The molecule has 0 saturated heterocycles. The molecule has 0 aliphatic rings. The van der Waals surface area contributed by atoms with Crippen molar-refractivity contribution in [2.75, 3.05) is 0 Å². The van der Waals surface area contributed by atoms with Crippen molar-refractivity contribution in [1.29, 1.82) is 0 Å². The van der Waals surface area contributed by atoms with Crippen molar-refractivity contribution in [3.8, 4) is 5.75 Å². The summed E-state index contributed by atoms with van der Waals surface area (Å²) < 4.78 is 0. The van der Waals surface area contributed by atoms with Gasteiger partial charge >= 0.3 is 0 Å². The highest BCUT2D eigenvalue weighted by Gasteiger charge is 2.12. The molecule has 0 spiro atoms. The lowest BCUT2D eigenvalue weighted by Gasteiger charge is -2.06. The summed E-state index contributed by atoms with van der Waals surface area (Å²) in [7, 11) is 0. The molecule has 0 atom stereocenters. The largest absolute Gasteiger partial charge is 0.505 e. The first kappa shape index (κ1) is 11.5. The molecule has 19 heavy (non-hydrogen) atoms. The Morgan fingerprint density at radius 3 is 2.68 bits per heavy atom. The number of aromatic nitrogens is 2. The van der Waals surface area contributed by atoms with Crippen LogP contribution in [0.2, 0.25) is 0 Å². The van der Waals surface area contributed by atoms with Gasteiger partial charge in [-0.3, -0.25) is 9.78 Å². The zero-order chi connectivity index (χ0) is 13.2. The molecule has 0 amide bonds. The summed E-state index contributed by atoms with van der Waals surface area (Å²) in [5, 5.41) is 10.2. The molecule has 0 radical (unpaired) electrons. The van der Waals surface area contributed by atoms with Crippen LogP contribution < -0.4 is 5.56 Å². The highest BCUT2D eigenvalue weighted by atomic mass is 16.3. The van der Waals surface area contributed by atoms with E-state index < -0.39 is 0 Å². The van der Waals surface area contributed by atoms with Gasteiger partial charge in [0.05, 0.1) is 11.1 Å². The fourth-order valence-electron chi connectivity index (χ4n) is 2.11. The molecule has 2 N–H and O–H groups in total. The van der Waals surface area contributed by atoms with Crippen LogP contribution in [0.4, 0.5) is 0 Å². The number of pyridine rings is 2. The fourth-order valence-corrected chi connectivity index (χ4v) is 2.11. The lowest BCUT2D eigenvalue weighted by atomic mass is 10.0. The van der Waals surface area contributed by atoms with Crippen LogP contribution in [-0.4, -0.2) is 15.1 Å². The van der Waals surface area contributed by atoms with Gasteiger partial charge in [-0.2, -0.15) is 0 Å². The van der Waals surface area contributed by atoms with Crippen LogP contribution in [0.3, 0.4) is 0 Å². The van der Waals surface area contributed by atoms with E-state index in [1.807, 2.05) is 30.3 Å². The van der Waals surface area contributed by atoms with Gasteiger partial charge < -0.3 is 10.1 Å². The molecule has 0 unspecified atom stereocenters. The van der Waals surface area contributed by atoms with E-state index >= 15 is 0 Å². The number of nitrogens with one attached hydrogen (secondary N) is 1. The van der Waals surface area contributed by atoms with Crippen LogP contribution >= 0.6 is 0 Å². The maximum Gasteiger partial charge on any atom is 0.255 e. The third kappa shape index (κ3) is 2.08. The van der Waals surface area contributed by atoms with Crippen molar-refractivity contribution in [2.24, 2.45) is 0 Å². The Hall–Kier alpha value is -2.62. The van der Waals surface area contributed by atoms with Crippen molar-refractivity contribution < 1.29 is 5.11 Å². The molecule has 2 heterocycles. The van der Waals surface area contributed by atoms with Gasteiger partial charge in [0.1, 0.15) is 5.52 Å². The van der Waals surface area contributed by atoms with Gasteiger partial charge in [-0.25, -0.2) is 0 Å². The minimum Gasteiger partial charge on any atom is -0.505 e. The third-order valence-electron chi connectivity index (χ3n) is 3.06. The molecule has 4 nitrogen and oxygen atoms in total. The second-order valence-electron chi connectivity index (χ2n) is 4.34. The lowest BCUT2D eigenvalue weighted by Crippen LogP contribution is -2.13. The summed E-state index contributed by atoms with van der Waals surface area (Å²) in [5.74, 6) is -0.0387. The van der Waals surface area contributed by atoms with Crippen molar-refractivity contribution in [3.05, 3.63) is 70.1 Å².